The average molecular weight is 347 g/mol. The van der Waals surface area contributed by atoms with Crippen LogP contribution in [0.3, 0.4) is 0 Å². The molecule has 0 saturated heterocycles. The van der Waals surface area contributed by atoms with Crippen LogP contribution in [-0.2, 0) is 6.54 Å². The maximum Gasteiger partial charge on any atom is 0.263 e. The molecule has 0 bridgehead atoms. The Labute approximate surface area is 144 Å². The summed E-state index contributed by atoms with van der Waals surface area (Å²) in [5.74, 6) is 0.832. The zero-order chi connectivity index (χ0) is 16.6. The fourth-order valence-electron chi connectivity index (χ4n) is 2.63. The summed E-state index contributed by atoms with van der Waals surface area (Å²) in [4.78, 5) is 17.6. The van der Waals surface area contributed by atoms with Gasteiger partial charge in [0.1, 0.15) is 5.82 Å². The minimum atomic E-state index is -0.135. The molecule has 0 radical (unpaired) electrons. The molecule has 2 aromatic carbocycles. The molecule has 3 aromatic rings. The Morgan fingerprint density at radius 3 is 2.43 bits per heavy atom. The van der Waals surface area contributed by atoms with Crippen molar-refractivity contribution in [2.45, 2.75) is 26.3 Å². The van der Waals surface area contributed by atoms with Crippen LogP contribution in [0.1, 0.15) is 31.2 Å². The highest BCUT2D eigenvalue weighted by molar-refractivity contribution is 6.35. The van der Waals surface area contributed by atoms with E-state index in [-0.39, 0.29) is 11.5 Å². The number of aromatic nitrogens is 2. The van der Waals surface area contributed by atoms with Gasteiger partial charge in [0.25, 0.3) is 5.56 Å². The summed E-state index contributed by atoms with van der Waals surface area (Å²) < 4.78 is 1.67. The lowest BCUT2D eigenvalue weighted by molar-refractivity contribution is 0.634. The first-order valence-corrected chi connectivity index (χ1v) is 8.17. The highest BCUT2D eigenvalue weighted by Crippen LogP contribution is 2.23. The van der Waals surface area contributed by atoms with Crippen LogP contribution >= 0.6 is 23.2 Å². The minimum Gasteiger partial charge on any atom is -0.291 e. The molecule has 0 aliphatic heterocycles. The molecular formula is C18H16Cl2N2O. The van der Waals surface area contributed by atoms with E-state index in [9.17, 15) is 4.79 Å². The first kappa shape index (κ1) is 16.0. The molecule has 23 heavy (non-hydrogen) atoms. The second kappa shape index (κ2) is 6.34. The van der Waals surface area contributed by atoms with Gasteiger partial charge in [-0.3, -0.25) is 9.36 Å². The lowest BCUT2D eigenvalue weighted by Gasteiger charge is -2.17. The van der Waals surface area contributed by atoms with E-state index >= 15 is 0 Å². The molecule has 0 aliphatic carbocycles. The molecule has 0 fully saturated rings. The standard InChI is InChI=1S/C18H16Cl2N2O/c1-11(2)17-21-15-9-5-8-14(20)16(15)18(23)22(17)10-12-6-3-4-7-13(12)19/h3-9,11H,10H2,1-2H3. The van der Waals surface area contributed by atoms with Gasteiger partial charge < -0.3 is 0 Å². The predicted octanol–water partition coefficient (Wildman–Crippen LogP) is 4.88. The van der Waals surface area contributed by atoms with Crippen molar-refractivity contribution in [1.29, 1.82) is 0 Å². The van der Waals surface area contributed by atoms with Gasteiger partial charge >= 0.3 is 0 Å². The van der Waals surface area contributed by atoms with Gasteiger partial charge in [0, 0.05) is 10.9 Å². The van der Waals surface area contributed by atoms with E-state index in [4.69, 9.17) is 23.2 Å². The third-order valence-electron chi connectivity index (χ3n) is 3.76. The molecule has 0 saturated carbocycles. The number of rotatable bonds is 3. The van der Waals surface area contributed by atoms with Gasteiger partial charge in [0.2, 0.25) is 0 Å². The quantitative estimate of drug-likeness (QED) is 0.677. The van der Waals surface area contributed by atoms with Crippen molar-refractivity contribution >= 4 is 34.1 Å². The second-order valence-corrected chi connectivity index (χ2v) is 6.56. The maximum atomic E-state index is 13.0. The van der Waals surface area contributed by atoms with E-state index in [0.29, 0.717) is 27.5 Å². The Morgan fingerprint density at radius 2 is 1.74 bits per heavy atom. The number of hydrogen-bond donors (Lipinski definition) is 0. The SMILES string of the molecule is CC(C)c1nc2cccc(Cl)c2c(=O)n1Cc1ccccc1Cl. The van der Waals surface area contributed by atoms with Crippen LogP contribution in [0, 0.1) is 0 Å². The number of benzene rings is 2. The van der Waals surface area contributed by atoms with Crippen LogP contribution in [0.2, 0.25) is 10.0 Å². The molecule has 3 rings (SSSR count). The molecule has 3 nitrogen and oxygen atoms in total. The highest BCUT2D eigenvalue weighted by atomic mass is 35.5. The molecule has 0 unspecified atom stereocenters. The Bertz CT molecular complexity index is 932. The van der Waals surface area contributed by atoms with E-state index in [2.05, 4.69) is 4.98 Å². The summed E-state index contributed by atoms with van der Waals surface area (Å²) in [6, 6.07) is 12.8. The lowest BCUT2D eigenvalue weighted by Crippen LogP contribution is -2.27. The van der Waals surface area contributed by atoms with E-state index in [0.717, 1.165) is 11.4 Å². The highest BCUT2D eigenvalue weighted by Gasteiger charge is 2.16. The van der Waals surface area contributed by atoms with Crippen molar-refractivity contribution in [2.75, 3.05) is 0 Å². The third kappa shape index (κ3) is 2.99. The molecule has 1 heterocycles. The Balaban J connectivity index is 2.28. The Hall–Kier alpha value is -1.84. The zero-order valence-electron chi connectivity index (χ0n) is 12.9. The number of hydrogen-bond acceptors (Lipinski definition) is 2. The molecule has 1 aromatic heterocycles. The summed E-state index contributed by atoms with van der Waals surface area (Å²) in [7, 11) is 0. The van der Waals surface area contributed by atoms with E-state index in [1.54, 1.807) is 16.7 Å². The maximum absolute atomic E-state index is 13.0. The molecule has 0 atom stereocenters. The van der Waals surface area contributed by atoms with Gasteiger partial charge in [0.15, 0.2) is 0 Å². The number of halogens is 2. The fourth-order valence-corrected chi connectivity index (χ4v) is 3.08. The normalized spacial score (nSPS) is 11.3. The Morgan fingerprint density at radius 1 is 1.04 bits per heavy atom. The van der Waals surface area contributed by atoms with Crippen molar-refractivity contribution in [2.24, 2.45) is 0 Å². The minimum absolute atomic E-state index is 0.105. The molecule has 0 amide bonds. The largest absolute Gasteiger partial charge is 0.291 e. The first-order valence-electron chi connectivity index (χ1n) is 7.41. The van der Waals surface area contributed by atoms with Crippen LogP contribution < -0.4 is 5.56 Å². The molecule has 0 aliphatic rings. The number of nitrogens with zero attached hydrogens (tertiary/aromatic N) is 2. The summed E-state index contributed by atoms with van der Waals surface area (Å²) in [6.07, 6.45) is 0. The third-order valence-corrected chi connectivity index (χ3v) is 4.45. The van der Waals surface area contributed by atoms with Gasteiger partial charge in [-0.25, -0.2) is 4.98 Å². The van der Waals surface area contributed by atoms with Crippen LogP contribution in [0.4, 0.5) is 0 Å². The van der Waals surface area contributed by atoms with Gasteiger partial charge in [0.05, 0.1) is 22.5 Å². The second-order valence-electron chi connectivity index (χ2n) is 5.74. The van der Waals surface area contributed by atoms with Crippen LogP contribution in [-0.4, -0.2) is 9.55 Å². The van der Waals surface area contributed by atoms with E-state index in [1.807, 2.05) is 44.2 Å². The van der Waals surface area contributed by atoms with Crippen LogP contribution in [0.15, 0.2) is 47.3 Å². The van der Waals surface area contributed by atoms with Gasteiger partial charge in [-0.15, -0.1) is 0 Å². The van der Waals surface area contributed by atoms with Gasteiger partial charge in [-0.1, -0.05) is 61.3 Å². The van der Waals surface area contributed by atoms with E-state index in [1.165, 1.54) is 0 Å². The average Bonchev–Trinajstić information content (AvgIpc) is 2.51. The first-order chi connectivity index (χ1) is 11.0. The molecular weight excluding hydrogens is 331 g/mol. The topological polar surface area (TPSA) is 34.9 Å². The predicted molar refractivity (Wildman–Crippen MR) is 95.7 cm³/mol. The van der Waals surface area contributed by atoms with Crippen molar-refractivity contribution in [3.05, 3.63) is 74.3 Å². The molecule has 118 valence electrons. The summed E-state index contributed by atoms with van der Waals surface area (Å²) >= 11 is 12.5. The van der Waals surface area contributed by atoms with Gasteiger partial charge in [-0.05, 0) is 23.8 Å². The van der Waals surface area contributed by atoms with Crippen LogP contribution in [0.5, 0.6) is 0 Å². The van der Waals surface area contributed by atoms with Crippen LogP contribution in [0.25, 0.3) is 10.9 Å². The van der Waals surface area contributed by atoms with Crippen molar-refractivity contribution < 1.29 is 0 Å². The fraction of sp³-hybridized carbons (Fsp3) is 0.222. The summed E-state index contributed by atoms with van der Waals surface area (Å²) in [5.41, 5.74) is 1.37. The molecule has 0 spiro atoms. The molecule has 5 heteroatoms. The van der Waals surface area contributed by atoms with Crippen molar-refractivity contribution in [3.8, 4) is 0 Å². The van der Waals surface area contributed by atoms with Crippen molar-refractivity contribution in [3.63, 3.8) is 0 Å². The smallest absolute Gasteiger partial charge is 0.263 e. The molecule has 0 N–H and O–H groups in total. The summed E-state index contributed by atoms with van der Waals surface area (Å²) in [5, 5.41) is 1.50. The zero-order valence-corrected chi connectivity index (χ0v) is 14.4. The van der Waals surface area contributed by atoms with E-state index < -0.39 is 0 Å². The van der Waals surface area contributed by atoms with Crippen molar-refractivity contribution in [1.82, 2.24) is 9.55 Å². The van der Waals surface area contributed by atoms with Gasteiger partial charge in [-0.2, -0.15) is 0 Å². The monoisotopic (exact) mass is 346 g/mol. The summed E-state index contributed by atoms with van der Waals surface area (Å²) in [6.45, 7) is 4.41. The lowest BCUT2D eigenvalue weighted by atomic mass is 10.1. The Kier molecular flexibility index (Phi) is 4.42. The number of fused-ring (bicyclic) bond motifs is 1.